The second kappa shape index (κ2) is 7.56. The third-order valence-electron chi connectivity index (χ3n) is 5.07. The minimum Gasteiger partial charge on any atom is -0.467 e. The van der Waals surface area contributed by atoms with Crippen LogP contribution < -0.4 is 15.4 Å². The summed E-state index contributed by atoms with van der Waals surface area (Å²) in [6, 6.07) is 0.597. The smallest absolute Gasteiger partial charge is 0.322 e. The molecule has 0 radical (unpaired) electrons. The molecular formula is C18H32N6O. The van der Waals surface area contributed by atoms with Crippen LogP contribution in [0.25, 0.3) is 0 Å². The number of hydrogen-bond acceptors (Lipinski definition) is 7. The summed E-state index contributed by atoms with van der Waals surface area (Å²) >= 11 is 0. The van der Waals surface area contributed by atoms with Crippen LogP contribution in [-0.2, 0) is 0 Å². The Balaban J connectivity index is 2.15. The average molecular weight is 348 g/mol. The van der Waals surface area contributed by atoms with Gasteiger partial charge in [0.05, 0.1) is 7.11 Å². The summed E-state index contributed by atoms with van der Waals surface area (Å²) < 4.78 is 5.22. The molecule has 1 aliphatic heterocycles. The second-order valence-electron chi connectivity index (χ2n) is 7.91. The predicted molar refractivity (Wildman–Crippen MR) is 102 cm³/mol. The molecule has 7 heteroatoms. The van der Waals surface area contributed by atoms with E-state index in [-0.39, 0.29) is 17.1 Å². The molecule has 2 N–H and O–H groups in total. The fourth-order valence-electron chi connectivity index (χ4n) is 3.53. The van der Waals surface area contributed by atoms with Crippen molar-refractivity contribution in [3.05, 3.63) is 12.7 Å². The van der Waals surface area contributed by atoms with E-state index in [0.717, 1.165) is 25.8 Å². The van der Waals surface area contributed by atoms with Gasteiger partial charge in [-0.3, -0.25) is 4.90 Å². The zero-order valence-electron chi connectivity index (χ0n) is 16.4. The largest absolute Gasteiger partial charge is 0.467 e. The number of piperidine rings is 1. The molecule has 0 aliphatic carbocycles. The number of likely N-dealkylation sites (tertiary alicyclic amines) is 1. The molecule has 0 spiro atoms. The summed E-state index contributed by atoms with van der Waals surface area (Å²) in [7, 11) is 3.76. The molecule has 2 rings (SSSR count). The Morgan fingerprint density at radius 3 is 2.32 bits per heavy atom. The van der Waals surface area contributed by atoms with E-state index in [1.54, 1.807) is 7.11 Å². The molecule has 1 fully saturated rings. The van der Waals surface area contributed by atoms with Crippen molar-refractivity contribution in [2.75, 3.05) is 31.3 Å². The van der Waals surface area contributed by atoms with Gasteiger partial charge in [0.25, 0.3) is 0 Å². The van der Waals surface area contributed by atoms with Crippen molar-refractivity contribution in [1.29, 1.82) is 0 Å². The molecule has 0 aromatic carbocycles. The van der Waals surface area contributed by atoms with E-state index in [0.29, 0.717) is 17.9 Å². The maximum atomic E-state index is 5.22. The molecule has 0 saturated carbocycles. The molecule has 1 aromatic heterocycles. The van der Waals surface area contributed by atoms with Crippen LogP contribution in [0, 0.1) is 0 Å². The molecule has 0 unspecified atom stereocenters. The minimum absolute atomic E-state index is 0.0988. The third kappa shape index (κ3) is 4.81. The van der Waals surface area contributed by atoms with E-state index in [4.69, 9.17) is 4.74 Å². The lowest BCUT2D eigenvalue weighted by atomic mass is 9.77. The average Bonchev–Trinajstić information content (AvgIpc) is 2.52. The molecule has 0 amide bonds. The van der Waals surface area contributed by atoms with Crippen molar-refractivity contribution in [3.8, 4) is 6.01 Å². The monoisotopic (exact) mass is 348 g/mol. The van der Waals surface area contributed by atoms with Gasteiger partial charge in [-0.25, -0.2) is 0 Å². The highest BCUT2D eigenvalue weighted by Gasteiger charge is 2.43. The van der Waals surface area contributed by atoms with Gasteiger partial charge >= 0.3 is 6.01 Å². The SMILES string of the molecule is C=CCCNc1nc(NC2CC(C)(C)N(C)C(C)(C)C2)nc(OC)n1. The quantitative estimate of drug-likeness (QED) is 0.579. The highest BCUT2D eigenvalue weighted by atomic mass is 16.5. The van der Waals surface area contributed by atoms with Crippen LogP contribution in [0.15, 0.2) is 12.7 Å². The normalized spacial score (nSPS) is 20.1. The number of methoxy groups -OCH3 is 1. The summed E-state index contributed by atoms with van der Waals surface area (Å²) in [4.78, 5) is 15.5. The number of anilines is 2. The standard InChI is InChI=1S/C18H32N6O/c1-8-9-10-19-14-21-15(23-16(22-14)25-7)20-13-11-17(2,3)24(6)18(4,5)12-13/h8,13H,1,9-12H2,2-7H3,(H2,19,20,21,22,23). The fourth-order valence-corrected chi connectivity index (χ4v) is 3.53. The summed E-state index contributed by atoms with van der Waals surface area (Å²) in [5.41, 5.74) is 0.198. The molecular weight excluding hydrogens is 316 g/mol. The molecule has 25 heavy (non-hydrogen) atoms. The van der Waals surface area contributed by atoms with Gasteiger partial charge in [0.1, 0.15) is 0 Å². The van der Waals surface area contributed by atoms with Crippen molar-refractivity contribution in [1.82, 2.24) is 19.9 Å². The van der Waals surface area contributed by atoms with E-state index in [9.17, 15) is 0 Å². The first kappa shape index (κ1) is 19.4. The number of aromatic nitrogens is 3. The van der Waals surface area contributed by atoms with E-state index < -0.39 is 0 Å². The zero-order valence-corrected chi connectivity index (χ0v) is 16.4. The number of nitrogens with one attached hydrogen (secondary N) is 2. The van der Waals surface area contributed by atoms with Crippen molar-refractivity contribution < 1.29 is 4.74 Å². The van der Waals surface area contributed by atoms with Gasteiger partial charge in [0.2, 0.25) is 11.9 Å². The van der Waals surface area contributed by atoms with E-state index >= 15 is 0 Å². The maximum Gasteiger partial charge on any atom is 0.322 e. The van der Waals surface area contributed by atoms with Crippen LogP contribution in [0.5, 0.6) is 6.01 Å². The molecule has 7 nitrogen and oxygen atoms in total. The van der Waals surface area contributed by atoms with Gasteiger partial charge < -0.3 is 15.4 Å². The van der Waals surface area contributed by atoms with Gasteiger partial charge in [0, 0.05) is 23.7 Å². The molecule has 0 atom stereocenters. The lowest BCUT2D eigenvalue weighted by molar-refractivity contribution is -0.00778. The van der Waals surface area contributed by atoms with Gasteiger partial charge in [-0.05, 0) is 54.0 Å². The highest BCUT2D eigenvalue weighted by molar-refractivity contribution is 5.37. The first-order chi connectivity index (χ1) is 11.7. The Hall–Kier alpha value is -1.89. The Kier molecular flexibility index (Phi) is 5.87. The first-order valence-electron chi connectivity index (χ1n) is 8.83. The van der Waals surface area contributed by atoms with Crippen LogP contribution in [0.3, 0.4) is 0 Å². The topological polar surface area (TPSA) is 75.2 Å². The molecule has 1 aromatic rings. The predicted octanol–water partition coefficient (Wildman–Crippen LogP) is 2.93. The van der Waals surface area contributed by atoms with Crippen molar-refractivity contribution in [2.24, 2.45) is 0 Å². The Morgan fingerprint density at radius 2 is 1.76 bits per heavy atom. The maximum absolute atomic E-state index is 5.22. The number of ether oxygens (including phenoxy) is 1. The summed E-state index contributed by atoms with van der Waals surface area (Å²) in [5, 5.41) is 6.66. The van der Waals surface area contributed by atoms with Gasteiger partial charge in [0.15, 0.2) is 0 Å². The molecule has 0 bridgehead atoms. The van der Waals surface area contributed by atoms with Crippen LogP contribution in [-0.4, -0.2) is 57.7 Å². The van der Waals surface area contributed by atoms with Crippen LogP contribution in [0.4, 0.5) is 11.9 Å². The van der Waals surface area contributed by atoms with Crippen molar-refractivity contribution >= 4 is 11.9 Å². The Labute approximate surface area is 151 Å². The molecule has 1 aliphatic rings. The Bertz CT molecular complexity index is 583. The van der Waals surface area contributed by atoms with Crippen LogP contribution in [0.2, 0.25) is 0 Å². The summed E-state index contributed by atoms with van der Waals surface area (Å²) in [6.45, 7) is 13.6. The number of rotatable bonds is 7. The van der Waals surface area contributed by atoms with Crippen LogP contribution >= 0.6 is 0 Å². The number of hydrogen-bond donors (Lipinski definition) is 2. The molecule has 1 saturated heterocycles. The van der Waals surface area contributed by atoms with E-state index in [2.05, 4.69) is 71.8 Å². The minimum atomic E-state index is 0.0988. The summed E-state index contributed by atoms with van der Waals surface area (Å²) in [6.07, 6.45) is 4.72. The van der Waals surface area contributed by atoms with E-state index in [1.165, 1.54) is 0 Å². The van der Waals surface area contributed by atoms with Gasteiger partial charge in [-0.1, -0.05) is 6.08 Å². The van der Waals surface area contributed by atoms with Gasteiger partial charge in [-0.2, -0.15) is 15.0 Å². The van der Waals surface area contributed by atoms with Crippen molar-refractivity contribution in [2.45, 2.75) is 64.1 Å². The zero-order chi connectivity index (χ0) is 18.7. The second-order valence-corrected chi connectivity index (χ2v) is 7.91. The summed E-state index contributed by atoms with van der Waals surface area (Å²) in [5.74, 6) is 1.07. The fraction of sp³-hybridized carbons (Fsp3) is 0.722. The number of nitrogens with zero attached hydrogens (tertiary/aromatic N) is 4. The van der Waals surface area contributed by atoms with Crippen LogP contribution in [0.1, 0.15) is 47.0 Å². The lowest BCUT2D eigenvalue weighted by Crippen LogP contribution is -2.61. The molecule has 140 valence electrons. The van der Waals surface area contributed by atoms with Crippen molar-refractivity contribution in [3.63, 3.8) is 0 Å². The first-order valence-corrected chi connectivity index (χ1v) is 8.83. The van der Waals surface area contributed by atoms with E-state index in [1.807, 2.05) is 6.08 Å². The molecule has 2 heterocycles. The van der Waals surface area contributed by atoms with Gasteiger partial charge in [-0.15, -0.1) is 6.58 Å². The lowest BCUT2D eigenvalue weighted by Gasteiger charge is -2.53. The Morgan fingerprint density at radius 1 is 1.16 bits per heavy atom. The highest BCUT2D eigenvalue weighted by Crippen LogP contribution is 2.37. The third-order valence-corrected chi connectivity index (χ3v) is 5.07.